The van der Waals surface area contributed by atoms with Crippen molar-refractivity contribution < 1.29 is 0 Å². The van der Waals surface area contributed by atoms with Crippen LogP contribution in [0.25, 0.3) is 10.8 Å². The summed E-state index contributed by atoms with van der Waals surface area (Å²) in [5.41, 5.74) is 2.48. The van der Waals surface area contributed by atoms with E-state index in [0.717, 1.165) is 8.95 Å². The van der Waals surface area contributed by atoms with E-state index in [1.54, 1.807) is 0 Å². The number of fused-ring (bicyclic) bond motifs is 1. The van der Waals surface area contributed by atoms with Crippen LogP contribution in [0.4, 0.5) is 0 Å². The molecule has 0 amide bonds. The second kappa shape index (κ2) is 6.30. The third-order valence-electron chi connectivity index (χ3n) is 3.66. The average Bonchev–Trinajstić information content (AvgIpc) is 2.51. The van der Waals surface area contributed by atoms with E-state index in [1.165, 1.54) is 21.9 Å². The lowest BCUT2D eigenvalue weighted by atomic mass is 9.96. The lowest BCUT2D eigenvalue weighted by molar-refractivity contribution is 0.689. The minimum absolute atomic E-state index is 0.154. The van der Waals surface area contributed by atoms with Crippen LogP contribution >= 0.6 is 31.9 Å². The fraction of sp³-hybridized carbons (Fsp3) is 0.111. The van der Waals surface area contributed by atoms with Gasteiger partial charge in [0.1, 0.15) is 0 Å². The van der Waals surface area contributed by atoms with Gasteiger partial charge in [0.2, 0.25) is 0 Å². The van der Waals surface area contributed by atoms with E-state index in [1.807, 2.05) is 13.1 Å². The Morgan fingerprint density at radius 1 is 0.857 bits per heavy atom. The summed E-state index contributed by atoms with van der Waals surface area (Å²) in [6.07, 6.45) is 0. The summed E-state index contributed by atoms with van der Waals surface area (Å²) in [5, 5.41) is 5.95. The third-order valence-corrected chi connectivity index (χ3v) is 4.88. The second-order valence-electron chi connectivity index (χ2n) is 4.99. The Morgan fingerprint density at radius 3 is 2.38 bits per heavy atom. The first-order valence-corrected chi connectivity index (χ1v) is 8.38. The summed E-state index contributed by atoms with van der Waals surface area (Å²) < 4.78 is 2.19. The highest BCUT2D eigenvalue weighted by Gasteiger charge is 2.15. The van der Waals surface area contributed by atoms with Gasteiger partial charge in [0.15, 0.2) is 0 Å². The molecule has 1 nitrogen and oxygen atoms in total. The Morgan fingerprint density at radius 2 is 1.62 bits per heavy atom. The normalized spacial score (nSPS) is 12.5. The summed E-state index contributed by atoms with van der Waals surface area (Å²) in [7, 11) is 1.99. The predicted octanol–water partition coefficient (Wildman–Crippen LogP) is 5.67. The molecule has 21 heavy (non-hydrogen) atoms. The number of nitrogens with one attached hydrogen (secondary N) is 1. The van der Waals surface area contributed by atoms with Gasteiger partial charge in [0.05, 0.1) is 6.04 Å². The molecule has 0 aliphatic carbocycles. The van der Waals surface area contributed by atoms with Crippen LogP contribution in [-0.2, 0) is 0 Å². The number of rotatable bonds is 3. The van der Waals surface area contributed by atoms with E-state index in [0.29, 0.717) is 0 Å². The van der Waals surface area contributed by atoms with Crippen molar-refractivity contribution in [3.63, 3.8) is 0 Å². The molecule has 0 heterocycles. The van der Waals surface area contributed by atoms with Crippen molar-refractivity contribution >= 4 is 42.6 Å². The van der Waals surface area contributed by atoms with Crippen LogP contribution in [0.5, 0.6) is 0 Å². The van der Waals surface area contributed by atoms with Gasteiger partial charge in [0.25, 0.3) is 0 Å². The molecule has 106 valence electrons. The zero-order chi connectivity index (χ0) is 14.8. The number of benzene rings is 3. The van der Waals surface area contributed by atoms with Crippen molar-refractivity contribution in [1.29, 1.82) is 0 Å². The Hall–Kier alpha value is -1.16. The molecule has 3 aromatic carbocycles. The van der Waals surface area contributed by atoms with Gasteiger partial charge in [0, 0.05) is 8.95 Å². The molecule has 1 atom stereocenters. The highest BCUT2D eigenvalue weighted by atomic mass is 79.9. The van der Waals surface area contributed by atoms with Gasteiger partial charge < -0.3 is 5.32 Å². The SMILES string of the molecule is CNC(c1ccc2ccccc2c1)c1cc(Br)ccc1Br. The van der Waals surface area contributed by atoms with Gasteiger partial charge in [-0.3, -0.25) is 0 Å². The van der Waals surface area contributed by atoms with Crippen LogP contribution in [0, 0.1) is 0 Å². The Balaban J connectivity index is 2.11. The molecule has 3 rings (SSSR count). The zero-order valence-corrected chi connectivity index (χ0v) is 14.8. The molecule has 0 fully saturated rings. The summed E-state index contributed by atoms with van der Waals surface area (Å²) in [6.45, 7) is 0. The summed E-state index contributed by atoms with van der Waals surface area (Å²) in [4.78, 5) is 0. The predicted molar refractivity (Wildman–Crippen MR) is 96.7 cm³/mol. The average molecular weight is 405 g/mol. The standard InChI is InChI=1S/C18H15Br2N/c1-21-18(16-11-15(19)8-9-17(16)20)14-7-6-12-4-2-3-5-13(12)10-14/h2-11,18,21H,1H3. The van der Waals surface area contributed by atoms with E-state index < -0.39 is 0 Å². The van der Waals surface area contributed by atoms with Crippen LogP contribution in [-0.4, -0.2) is 7.05 Å². The van der Waals surface area contributed by atoms with Gasteiger partial charge in [-0.1, -0.05) is 68.3 Å². The van der Waals surface area contributed by atoms with Gasteiger partial charge in [-0.15, -0.1) is 0 Å². The number of hydrogen-bond acceptors (Lipinski definition) is 1. The molecule has 0 bridgehead atoms. The third kappa shape index (κ3) is 3.05. The fourth-order valence-electron chi connectivity index (χ4n) is 2.62. The molecule has 0 spiro atoms. The van der Waals surface area contributed by atoms with E-state index in [-0.39, 0.29) is 6.04 Å². The lowest BCUT2D eigenvalue weighted by Crippen LogP contribution is -2.18. The monoisotopic (exact) mass is 403 g/mol. The van der Waals surface area contributed by atoms with E-state index in [4.69, 9.17) is 0 Å². The molecule has 0 aliphatic rings. The summed E-state index contributed by atoms with van der Waals surface area (Å²) >= 11 is 7.22. The highest BCUT2D eigenvalue weighted by Crippen LogP contribution is 2.32. The first kappa shape index (κ1) is 14.8. The zero-order valence-electron chi connectivity index (χ0n) is 11.6. The van der Waals surface area contributed by atoms with Gasteiger partial charge in [-0.2, -0.15) is 0 Å². The van der Waals surface area contributed by atoms with Crippen LogP contribution in [0.2, 0.25) is 0 Å². The molecule has 0 radical (unpaired) electrons. The molecule has 0 saturated carbocycles. The van der Waals surface area contributed by atoms with Crippen molar-refractivity contribution in [3.05, 3.63) is 80.7 Å². The maximum Gasteiger partial charge on any atom is 0.0586 e. The molecular weight excluding hydrogens is 390 g/mol. The van der Waals surface area contributed by atoms with Gasteiger partial charge >= 0.3 is 0 Å². The summed E-state index contributed by atoms with van der Waals surface area (Å²) in [6, 6.07) is 21.5. The molecule has 1 unspecified atom stereocenters. The Labute approximate surface area is 141 Å². The quantitative estimate of drug-likeness (QED) is 0.592. The van der Waals surface area contributed by atoms with E-state index in [9.17, 15) is 0 Å². The van der Waals surface area contributed by atoms with Crippen molar-refractivity contribution in [2.75, 3.05) is 7.05 Å². The minimum atomic E-state index is 0.154. The largest absolute Gasteiger partial charge is 0.309 e. The molecular formula is C18H15Br2N. The van der Waals surface area contributed by atoms with Gasteiger partial charge in [-0.25, -0.2) is 0 Å². The van der Waals surface area contributed by atoms with Crippen molar-refractivity contribution in [3.8, 4) is 0 Å². The number of halogens is 2. The minimum Gasteiger partial charge on any atom is -0.309 e. The second-order valence-corrected chi connectivity index (χ2v) is 6.76. The van der Waals surface area contributed by atoms with Crippen LogP contribution in [0.3, 0.4) is 0 Å². The highest BCUT2D eigenvalue weighted by molar-refractivity contribution is 9.11. The fourth-order valence-corrected chi connectivity index (χ4v) is 3.48. The van der Waals surface area contributed by atoms with Crippen molar-refractivity contribution in [2.45, 2.75) is 6.04 Å². The molecule has 3 heteroatoms. The number of hydrogen-bond donors (Lipinski definition) is 1. The molecule has 1 N–H and O–H groups in total. The van der Waals surface area contributed by atoms with Crippen molar-refractivity contribution in [1.82, 2.24) is 5.32 Å². The smallest absolute Gasteiger partial charge is 0.0586 e. The first-order valence-electron chi connectivity index (χ1n) is 6.80. The molecule has 3 aromatic rings. The molecule has 0 aromatic heterocycles. The van der Waals surface area contributed by atoms with Crippen LogP contribution in [0.1, 0.15) is 17.2 Å². The van der Waals surface area contributed by atoms with Crippen molar-refractivity contribution in [2.24, 2.45) is 0 Å². The summed E-state index contributed by atoms with van der Waals surface area (Å²) in [5.74, 6) is 0. The molecule has 0 aliphatic heterocycles. The maximum absolute atomic E-state index is 3.66. The Kier molecular flexibility index (Phi) is 4.43. The Bertz CT molecular complexity index is 783. The van der Waals surface area contributed by atoms with E-state index >= 15 is 0 Å². The topological polar surface area (TPSA) is 12.0 Å². The first-order chi connectivity index (χ1) is 10.2. The molecule has 0 saturated heterocycles. The van der Waals surface area contributed by atoms with E-state index in [2.05, 4.69) is 91.8 Å². The lowest BCUT2D eigenvalue weighted by Gasteiger charge is -2.19. The van der Waals surface area contributed by atoms with Crippen LogP contribution < -0.4 is 5.32 Å². The van der Waals surface area contributed by atoms with Crippen LogP contribution in [0.15, 0.2) is 69.6 Å². The van der Waals surface area contributed by atoms with Gasteiger partial charge in [-0.05, 0) is 53.2 Å². The maximum atomic E-state index is 3.66.